The van der Waals surface area contributed by atoms with Gasteiger partial charge in [-0.2, -0.15) is 0 Å². The third kappa shape index (κ3) is 6.07. The molecule has 4 N–H and O–H groups in total. The zero-order valence-electron chi connectivity index (χ0n) is 14.9. The fourth-order valence-corrected chi connectivity index (χ4v) is 1.99. The molecule has 0 radical (unpaired) electrons. The Morgan fingerprint density at radius 3 is 2.40 bits per heavy atom. The zero-order chi connectivity index (χ0) is 19.0. The fourth-order valence-electron chi connectivity index (χ4n) is 1.99. The molecule has 0 aromatic heterocycles. The number of amides is 2. The second kappa shape index (κ2) is 9.63. The average Bonchev–Trinajstić information content (AvgIpc) is 2.62. The molecular weight excluding hydrogens is 326 g/mol. The smallest absolute Gasteiger partial charge is 0.341 e. The maximum atomic E-state index is 11.8. The van der Waals surface area contributed by atoms with E-state index in [9.17, 15) is 14.4 Å². The largest absolute Gasteiger partial charge is 0.496 e. The van der Waals surface area contributed by atoms with Crippen LogP contribution in [-0.4, -0.2) is 44.6 Å². The number of methoxy groups -OCH3 is 2. The third-order valence-corrected chi connectivity index (χ3v) is 3.60. The van der Waals surface area contributed by atoms with Crippen molar-refractivity contribution in [2.24, 2.45) is 11.7 Å². The van der Waals surface area contributed by atoms with Gasteiger partial charge in [-0.25, -0.2) is 4.79 Å². The second-order valence-corrected chi connectivity index (χ2v) is 5.79. The molecule has 0 bridgehead atoms. The van der Waals surface area contributed by atoms with E-state index in [4.69, 9.17) is 15.2 Å². The van der Waals surface area contributed by atoms with Gasteiger partial charge < -0.3 is 25.8 Å². The Bertz CT molecular complexity index is 631. The van der Waals surface area contributed by atoms with Crippen LogP contribution in [0.25, 0.3) is 0 Å². The molecule has 25 heavy (non-hydrogen) atoms. The number of nitrogens with one attached hydrogen (secondary N) is 2. The Morgan fingerprint density at radius 2 is 1.84 bits per heavy atom. The monoisotopic (exact) mass is 351 g/mol. The highest BCUT2D eigenvalue weighted by Gasteiger charge is 2.18. The van der Waals surface area contributed by atoms with E-state index in [1.807, 2.05) is 13.8 Å². The fraction of sp³-hybridized carbons (Fsp3) is 0.471. The molecule has 0 saturated carbocycles. The molecule has 0 fully saturated rings. The highest BCUT2D eigenvalue weighted by atomic mass is 16.5. The van der Waals surface area contributed by atoms with Crippen LogP contribution in [0.1, 0.15) is 29.8 Å². The number of ether oxygens (including phenoxy) is 2. The molecule has 138 valence electrons. The highest BCUT2D eigenvalue weighted by molar-refractivity contribution is 5.92. The maximum absolute atomic E-state index is 11.8. The van der Waals surface area contributed by atoms with Gasteiger partial charge in [-0.15, -0.1) is 0 Å². The second-order valence-electron chi connectivity index (χ2n) is 5.79. The van der Waals surface area contributed by atoms with Gasteiger partial charge in [0, 0.05) is 6.54 Å². The van der Waals surface area contributed by atoms with Crippen molar-refractivity contribution >= 4 is 17.8 Å². The van der Waals surface area contributed by atoms with Crippen molar-refractivity contribution in [3.05, 3.63) is 29.3 Å². The van der Waals surface area contributed by atoms with Crippen LogP contribution in [0.2, 0.25) is 0 Å². The molecule has 0 aliphatic heterocycles. The minimum Gasteiger partial charge on any atom is -0.496 e. The number of hydrogen-bond acceptors (Lipinski definition) is 6. The predicted molar refractivity (Wildman–Crippen MR) is 92.0 cm³/mol. The number of carbonyl (C=O) groups excluding carboxylic acids is 3. The van der Waals surface area contributed by atoms with Crippen LogP contribution < -0.4 is 21.1 Å². The molecule has 0 saturated heterocycles. The Morgan fingerprint density at radius 1 is 1.16 bits per heavy atom. The summed E-state index contributed by atoms with van der Waals surface area (Å²) in [4.78, 5) is 35.3. The van der Waals surface area contributed by atoms with Gasteiger partial charge in [-0.1, -0.05) is 19.9 Å². The van der Waals surface area contributed by atoms with Gasteiger partial charge in [-0.05, 0) is 23.6 Å². The molecule has 0 unspecified atom stereocenters. The topological polar surface area (TPSA) is 120 Å². The molecule has 1 aromatic rings. The quantitative estimate of drug-likeness (QED) is 0.576. The average molecular weight is 351 g/mol. The van der Waals surface area contributed by atoms with Crippen LogP contribution in [0, 0.1) is 5.92 Å². The van der Waals surface area contributed by atoms with Gasteiger partial charge >= 0.3 is 5.97 Å². The Balaban J connectivity index is 2.59. The van der Waals surface area contributed by atoms with Crippen LogP contribution in [0.3, 0.4) is 0 Å². The van der Waals surface area contributed by atoms with Crippen molar-refractivity contribution in [1.82, 2.24) is 10.6 Å². The first-order valence-corrected chi connectivity index (χ1v) is 7.85. The van der Waals surface area contributed by atoms with Crippen LogP contribution in [-0.2, 0) is 20.9 Å². The van der Waals surface area contributed by atoms with E-state index in [0.29, 0.717) is 11.3 Å². The Kier molecular flexibility index (Phi) is 7.87. The minimum atomic E-state index is -0.656. The van der Waals surface area contributed by atoms with E-state index in [1.165, 1.54) is 14.2 Å². The van der Waals surface area contributed by atoms with Crippen molar-refractivity contribution in [1.29, 1.82) is 0 Å². The molecule has 1 rings (SSSR count). The van der Waals surface area contributed by atoms with Gasteiger partial charge in [0.1, 0.15) is 11.3 Å². The lowest BCUT2D eigenvalue weighted by Crippen LogP contribution is -2.47. The molecule has 8 nitrogen and oxygen atoms in total. The van der Waals surface area contributed by atoms with Crippen LogP contribution >= 0.6 is 0 Å². The summed E-state index contributed by atoms with van der Waals surface area (Å²) in [5.74, 6) is -0.891. The van der Waals surface area contributed by atoms with Crippen LogP contribution in [0.4, 0.5) is 0 Å². The summed E-state index contributed by atoms with van der Waals surface area (Å²) in [6.07, 6.45) is 0. The Labute approximate surface area is 147 Å². The van der Waals surface area contributed by atoms with E-state index < -0.39 is 12.0 Å². The summed E-state index contributed by atoms with van der Waals surface area (Å²) < 4.78 is 9.81. The molecule has 1 atom stereocenters. The number of nitrogens with two attached hydrogens (primary N) is 1. The molecular formula is C17H25N3O5. The minimum absolute atomic E-state index is 0.0147. The highest BCUT2D eigenvalue weighted by Crippen LogP contribution is 2.20. The summed E-state index contributed by atoms with van der Waals surface area (Å²) in [6.45, 7) is 3.68. The number of carbonyl (C=O) groups is 3. The first kappa shape index (κ1) is 20.4. The third-order valence-electron chi connectivity index (χ3n) is 3.60. The van der Waals surface area contributed by atoms with Gasteiger partial charge in [0.05, 0.1) is 26.8 Å². The van der Waals surface area contributed by atoms with Crippen LogP contribution in [0.15, 0.2) is 18.2 Å². The van der Waals surface area contributed by atoms with Crippen molar-refractivity contribution in [2.75, 3.05) is 20.8 Å². The number of rotatable bonds is 8. The van der Waals surface area contributed by atoms with E-state index in [0.717, 1.165) is 0 Å². The first-order valence-electron chi connectivity index (χ1n) is 7.85. The molecule has 8 heteroatoms. The van der Waals surface area contributed by atoms with E-state index >= 15 is 0 Å². The zero-order valence-corrected chi connectivity index (χ0v) is 14.9. The first-order chi connectivity index (χ1) is 11.8. The molecule has 0 heterocycles. The van der Waals surface area contributed by atoms with Crippen molar-refractivity contribution in [3.8, 4) is 5.75 Å². The standard InChI is InChI=1S/C17H25N3O5/c1-10(2)15(18)16(22)20-9-14(21)19-8-11-5-6-13(24-3)12(7-11)17(23)25-4/h5-7,10,15H,8-9,18H2,1-4H3,(H,19,21)(H,20,22)/t15-/m0/s1. The lowest BCUT2D eigenvalue weighted by atomic mass is 10.1. The van der Waals surface area contributed by atoms with E-state index in [-0.39, 0.29) is 36.4 Å². The maximum Gasteiger partial charge on any atom is 0.341 e. The molecule has 0 spiro atoms. The normalized spacial score (nSPS) is 11.6. The number of hydrogen-bond donors (Lipinski definition) is 3. The molecule has 0 aliphatic rings. The van der Waals surface area contributed by atoms with Gasteiger partial charge in [0.25, 0.3) is 0 Å². The Hall–Kier alpha value is -2.61. The van der Waals surface area contributed by atoms with Gasteiger partial charge in [-0.3, -0.25) is 9.59 Å². The number of benzene rings is 1. The summed E-state index contributed by atoms with van der Waals surface area (Å²) in [6, 6.07) is 4.27. The van der Waals surface area contributed by atoms with Crippen molar-refractivity contribution in [3.63, 3.8) is 0 Å². The van der Waals surface area contributed by atoms with Crippen molar-refractivity contribution in [2.45, 2.75) is 26.4 Å². The van der Waals surface area contributed by atoms with Gasteiger partial charge in [0.2, 0.25) is 11.8 Å². The summed E-state index contributed by atoms with van der Waals surface area (Å²) in [5, 5.41) is 5.14. The van der Waals surface area contributed by atoms with Crippen molar-refractivity contribution < 1.29 is 23.9 Å². The molecule has 2 amide bonds. The van der Waals surface area contributed by atoms with E-state index in [1.54, 1.807) is 18.2 Å². The predicted octanol–water partition coefficient (Wildman–Crippen LogP) is 0.198. The van der Waals surface area contributed by atoms with Crippen LogP contribution in [0.5, 0.6) is 5.75 Å². The molecule has 1 aromatic carbocycles. The molecule has 0 aliphatic carbocycles. The lowest BCUT2D eigenvalue weighted by Gasteiger charge is -2.15. The van der Waals surface area contributed by atoms with Gasteiger partial charge in [0.15, 0.2) is 0 Å². The summed E-state index contributed by atoms with van der Waals surface area (Å²) in [5.41, 5.74) is 6.66. The summed E-state index contributed by atoms with van der Waals surface area (Å²) >= 11 is 0. The summed E-state index contributed by atoms with van der Waals surface area (Å²) in [7, 11) is 2.73. The SMILES string of the molecule is COC(=O)c1cc(CNC(=O)CNC(=O)[C@@H](N)C(C)C)ccc1OC. The van der Waals surface area contributed by atoms with E-state index in [2.05, 4.69) is 10.6 Å². The number of esters is 1. The lowest BCUT2D eigenvalue weighted by molar-refractivity contribution is -0.127.